The van der Waals surface area contributed by atoms with E-state index in [1.54, 1.807) is 35.2 Å². The molecule has 2 aromatic carbocycles. The van der Waals surface area contributed by atoms with Gasteiger partial charge in [-0.15, -0.1) is 0 Å². The minimum Gasteiger partial charge on any atom is -0.395 e. The number of pyridine rings is 1. The highest BCUT2D eigenvalue weighted by molar-refractivity contribution is 7.89. The quantitative estimate of drug-likeness (QED) is 0.453. The molecule has 2 aliphatic heterocycles. The molecule has 3 heterocycles. The number of anilines is 1. The molecule has 0 spiro atoms. The summed E-state index contributed by atoms with van der Waals surface area (Å²) in [5.41, 5.74) is 2.33. The highest BCUT2D eigenvalue weighted by Gasteiger charge is 2.32. The van der Waals surface area contributed by atoms with Crippen molar-refractivity contribution in [3.05, 3.63) is 77.5 Å². The van der Waals surface area contributed by atoms with Crippen LogP contribution in [0, 0.1) is 0 Å². The molecule has 2 N–H and O–H groups in total. The fourth-order valence-electron chi connectivity index (χ4n) is 4.93. The molecule has 0 atom stereocenters. The van der Waals surface area contributed by atoms with Crippen LogP contribution in [-0.4, -0.2) is 65.9 Å². The zero-order valence-electron chi connectivity index (χ0n) is 20.9. The maximum Gasteiger partial charge on any atom is 0.417 e. The van der Waals surface area contributed by atoms with Gasteiger partial charge in [-0.1, -0.05) is 18.2 Å². The number of hydrogen-bond acceptors (Lipinski definition) is 6. The van der Waals surface area contributed by atoms with Gasteiger partial charge >= 0.3 is 6.18 Å². The number of alkyl halides is 3. The number of fused-ring (bicyclic) bond motifs is 1. The molecule has 0 radical (unpaired) electrons. The van der Waals surface area contributed by atoms with Crippen LogP contribution in [0.3, 0.4) is 0 Å². The van der Waals surface area contributed by atoms with Gasteiger partial charge in [0.2, 0.25) is 10.0 Å². The van der Waals surface area contributed by atoms with Gasteiger partial charge in [-0.3, -0.25) is 4.79 Å². The third-order valence-corrected chi connectivity index (χ3v) is 8.99. The van der Waals surface area contributed by atoms with Crippen molar-refractivity contribution < 1.29 is 31.5 Å². The number of amides is 1. The largest absolute Gasteiger partial charge is 0.417 e. The van der Waals surface area contributed by atoms with Crippen LogP contribution in [0.5, 0.6) is 0 Å². The number of hydrogen-bond donors (Lipinski definition) is 2. The Hall–Kier alpha value is -3.48. The number of sulfonamides is 1. The van der Waals surface area contributed by atoms with Crippen molar-refractivity contribution in [3.8, 4) is 11.1 Å². The smallest absolute Gasteiger partial charge is 0.395 e. The zero-order valence-corrected chi connectivity index (χ0v) is 21.7. The third-order valence-electron chi connectivity index (χ3n) is 7.08. The van der Waals surface area contributed by atoms with Crippen molar-refractivity contribution in [1.82, 2.24) is 14.2 Å². The summed E-state index contributed by atoms with van der Waals surface area (Å²) in [5.74, 6) is 0.207. The van der Waals surface area contributed by atoms with Gasteiger partial charge < -0.3 is 15.3 Å². The van der Waals surface area contributed by atoms with E-state index < -0.39 is 21.8 Å². The molecule has 0 bridgehead atoms. The Kier molecular flexibility index (Phi) is 7.36. The van der Waals surface area contributed by atoms with E-state index in [1.807, 2.05) is 12.1 Å². The SMILES string of the molecule is O=C1c2ccc(-c3ccc(S(=O)(=O)N4CCC(Nc5ccc(C(F)(F)F)cn5)CC4)cc3)cc2CN1CCO. The predicted octanol–water partition coefficient (Wildman–Crippen LogP) is 3.98. The van der Waals surface area contributed by atoms with Crippen LogP contribution in [0.15, 0.2) is 65.7 Å². The minimum atomic E-state index is -4.45. The molecule has 1 aromatic heterocycles. The number of nitrogens with zero attached hydrogens (tertiary/aromatic N) is 3. The monoisotopic (exact) mass is 560 g/mol. The lowest BCUT2D eigenvalue weighted by Gasteiger charge is -2.32. The summed E-state index contributed by atoms with van der Waals surface area (Å²) in [6.45, 7) is 1.13. The fourth-order valence-corrected chi connectivity index (χ4v) is 6.40. The Labute approximate surface area is 224 Å². The summed E-state index contributed by atoms with van der Waals surface area (Å²) in [6, 6.07) is 14.2. The third kappa shape index (κ3) is 5.63. The standard InChI is InChI=1S/C27H27F3N4O4S/c28-27(29,30)21-4-8-25(31-16-21)32-22-9-11-34(12-10-22)39(37,38)23-5-1-18(2-6-23)19-3-7-24-20(15-19)17-33(13-14-35)26(24)36/h1-8,15-16,22,35H,9-14,17H2,(H,31,32). The molecule has 8 nitrogen and oxygen atoms in total. The first kappa shape index (κ1) is 27.1. The lowest BCUT2D eigenvalue weighted by molar-refractivity contribution is -0.137. The Balaban J connectivity index is 1.21. The van der Waals surface area contributed by atoms with E-state index in [-0.39, 0.29) is 43.1 Å². The number of rotatable bonds is 7. The number of aliphatic hydroxyl groups is 1. The van der Waals surface area contributed by atoms with Crippen LogP contribution in [0.2, 0.25) is 0 Å². The van der Waals surface area contributed by atoms with E-state index in [4.69, 9.17) is 5.11 Å². The lowest BCUT2D eigenvalue weighted by Crippen LogP contribution is -2.42. The van der Waals surface area contributed by atoms with Crippen molar-refractivity contribution in [2.45, 2.75) is 36.5 Å². The van der Waals surface area contributed by atoms with E-state index in [2.05, 4.69) is 10.3 Å². The van der Waals surface area contributed by atoms with Crippen molar-refractivity contribution in [2.75, 3.05) is 31.6 Å². The molecule has 3 aromatic rings. The summed E-state index contributed by atoms with van der Waals surface area (Å²) >= 11 is 0. The van der Waals surface area contributed by atoms with Crippen LogP contribution < -0.4 is 5.32 Å². The molecule has 2 aliphatic rings. The number of nitrogens with one attached hydrogen (secondary N) is 1. The number of carbonyl (C=O) groups is 1. The average molecular weight is 561 g/mol. The first-order chi connectivity index (χ1) is 18.6. The minimum absolute atomic E-state index is 0.104. The van der Waals surface area contributed by atoms with Gasteiger partial charge in [0, 0.05) is 44.0 Å². The van der Waals surface area contributed by atoms with Gasteiger partial charge in [0.05, 0.1) is 17.1 Å². The molecule has 12 heteroatoms. The average Bonchev–Trinajstić information content (AvgIpc) is 3.23. The Morgan fingerprint density at radius 2 is 1.69 bits per heavy atom. The topological polar surface area (TPSA) is 103 Å². The lowest BCUT2D eigenvalue weighted by atomic mass is 10.0. The van der Waals surface area contributed by atoms with Crippen molar-refractivity contribution in [1.29, 1.82) is 0 Å². The number of aliphatic hydroxyl groups excluding tert-OH is 1. The van der Waals surface area contributed by atoms with E-state index in [9.17, 15) is 26.4 Å². The van der Waals surface area contributed by atoms with Crippen molar-refractivity contribution in [2.24, 2.45) is 0 Å². The molecule has 39 heavy (non-hydrogen) atoms. The summed E-state index contributed by atoms with van der Waals surface area (Å²) in [5, 5.41) is 12.3. The van der Waals surface area contributed by atoms with Gasteiger partial charge in [0.25, 0.3) is 5.91 Å². The second kappa shape index (κ2) is 10.6. The molecule has 5 rings (SSSR count). The molecular formula is C27H27F3N4O4S. The molecule has 0 aliphatic carbocycles. The van der Waals surface area contributed by atoms with Crippen LogP contribution in [0.4, 0.5) is 19.0 Å². The first-order valence-electron chi connectivity index (χ1n) is 12.5. The molecule has 1 saturated heterocycles. The first-order valence-corrected chi connectivity index (χ1v) is 13.9. The number of piperidine rings is 1. The summed E-state index contributed by atoms with van der Waals surface area (Å²) in [4.78, 5) is 18.0. The van der Waals surface area contributed by atoms with Crippen LogP contribution in [0.1, 0.15) is 34.3 Å². The normalized spacial score (nSPS) is 16.9. The highest BCUT2D eigenvalue weighted by atomic mass is 32.2. The number of β-amino-alcohol motifs (C(OH)–C–C–N with tert-alkyl or cyclic N) is 1. The van der Waals surface area contributed by atoms with Crippen LogP contribution >= 0.6 is 0 Å². The second-order valence-electron chi connectivity index (χ2n) is 9.60. The van der Waals surface area contributed by atoms with Crippen molar-refractivity contribution in [3.63, 3.8) is 0 Å². The number of halogens is 3. The van der Waals surface area contributed by atoms with Gasteiger partial charge in [-0.25, -0.2) is 13.4 Å². The summed E-state index contributed by atoms with van der Waals surface area (Å²) in [6.07, 6.45) is -2.70. The summed E-state index contributed by atoms with van der Waals surface area (Å²) < 4.78 is 66.1. The fraction of sp³-hybridized carbons (Fsp3) is 0.333. The number of benzene rings is 2. The molecule has 1 fully saturated rings. The number of carbonyl (C=O) groups excluding carboxylic acids is 1. The summed E-state index contributed by atoms with van der Waals surface area (Å²) in [7, 11) is -3.72. The highest BCUT2D eigenvalue weighted by Crippen LogP contribution is 2.31. The Morgan fingerprint density at radius 1 is 1.00 bits per heavy atom. The van der Waals surface area contributed by atoms with Crippen LogP contribution in [0.25, 0.3) is 11.1 Å². The van der Waals surface area contributed by atoms with E-state index in [0.29, 0.717) is 30.8 Å². The number of aromatic nitrogens is 1. The maximum atomic E-state index is 13.2. The Morgan fingerprint density at radius 3 is 2.31 bits per heavy atom. The molecule has 0 saturated carbocycles. The second-order valence-corrected chi connectivity index (χ2v) is 11.5. The van der Waals surface area contributed by atoms with Gasteiger partial charge in [-0.2, -0.15) is 17.5 Å². The predicted molar refractivity (Wildman–Crippen MR) is 138 cm³/mol. The van der Waals surface area contributed by atoms with Gasteiger partial charge in [-0.05, 0) is 65.9 Å². The molecule has 1 amide bonds. The maximum absolute atomic E-state index is 13.2. The van der Waals surface area contributed by atoms with Gasteiger partial charge in [0.15, 0.2) is 0 Å². The molecule has 206 valence electrons. The van der Waals surface area contributed by atoms with Crippen LogP contribution in [-0.2, 0) is 22.7 Å². The van der Waals surface area contributed by atoms with Gasteiger partial charge in [0.1, 0.15) is 5.82 Å². The molecular weight excluding hydrogens is 533 g/mol. The van der Waals surface area contributed by atoms with E-state index in [1.165, 1.54) is 10.4 Å². The van der Waals surface area contributed by atoms with E-state index >= 15 is 0 Å². The van der Waals surface area contributed by atoms with E-state index in [0.717, 1.165) is 29.0 Å². The molecule has 0 unspecified atom stereocenters. The zero-order chi connectivity index (χ0) is 27.8. The Bertz CT molecular complexity index is 1450. The van der Waals surface area contributed by atoms with Crippen molar-refractivity contribution >= 4 is 21.7 Å².